The highest BCUT2D eigenvalue weighted by molar-refractivity contribution is 6.36. The van der Waals surface area contributed by atoms with Gasteiger partial charge in [-0.2, -0.15) is 5.26 Å². The van der Waals surface area contributed by atoms with Gasteiger partial charge < -0.3 is 10.0 Å². The molecular weight excluding hydrogens is 309 g/mol. The van der Waals surface area contributed by atoms with Crippen LogP contribution in [0.1, 0.15) is 18.9 Å². The van der Waals surface area contributed by atoms with E-state index in [4.69, 9.17) is 16.7 Å². The Morgan fingerprint density at radius 1 is 1.55 bits per heavy atom. The molecule has 0 aliphatic heterocycles. The van der Waals surface area contributed by atoms with Crippen molar-refractivity contribution in [1.29, 1.82) is 5.26 Å². The molecule has 0 spiro atoms. The zero-order chi connectivity index (χ0) is 16.3. The minimum absolute atomic E-state index is 0.0213. The van der Waals surface area contributed by atoms with Gasteiger partial charge in [0.25, 0.3) is 0 Å². The van der Waals surface area contributed by atoms with Crippen molar-refractivity contribution in [3.8, 4) is 6.07 Å². The van der Waals surface area contributed by atoms with Crippen LogP contribution in [0.3, 0.4) is 0 Å². The standard InChI is InChI=1S/C15H13ClFN3O2/c1-2-5-20(8-12(21)22)15-9(6-18)7-19-14-11(17)4-3-10(16)13(14)15/h3-4,7H,2,5,8H2,1H3,(H,21,22). The van der Waals surface area contributed by atoms with Crippen LogP contribution in [0.2, 0.25) is 5.02 Å². The van der Waals surface area contributed by atoms with Crippen molar-refractivity contribution >= 4 is 34.2 Å². The van der Waals surface area contributed by atoms with E-state index < -0.39 is 11.8 Å². The van der Waals surface area contributed by atoms with Gasteiger partial charge in [0.1, 0.15) is 23.9 Å². The molecule has 5 nitrogen and oxygen atoms in total. The van der Waals surface area contributed by atoms with Gasteiger partial charge in [-0.05, 0) is 18.6 Å². The summed E-state index contributed by atoms with van der Waals surface area (Å²) in [6.45, 7) is 1.97. The van der Waals surface area contributed by atoms with Crippen LogP contribution in [-0.2, 0) is 4.79 Å². The molecule has 1 N–H and O–H groups in total. The maximum absolute atomic E-state index is 14.0. The average Bonchev–Trinajstić information content (AvgIpc) is 2.49. The van der Waals surface area contributed by atoms with Crippen LogP contribution >= 0.6 is 11.6 Å². The molecule has 0 amide bonds. The van der Waals surface area contributed by atoms with Crippen molar-refractivity contribution in [2.45, 2.75) is 13.3 Å². The van der Waals surface area contributed by atoms with E-state index in [-0.39, 0.29) is 28.0 Å². The molecule has 0 fully saturated rings. The fraction of sp³-hybridized carbons (Fsp3) is 0.267. The number of hydrogen-bond acceptors (Lipinski definition) is 4. The molecule has 1 heterocycles. The average molecular weight is 322 g/mol. The minimum Gasteiger partial charge on any atom is -0.480 e. The van der Waals surface area contributed by atoms with Gasteiger partial charge in [-0.3, -0.25) is 9.78 Å². The summed E-state index contributed by atoms with van der Waals surface area (Å²) in [5.74, 6) is -1.62. The predicted molar refractivity (Wildman–Crippen MR) is 81.6 cm³/mol. The lowest BCUT2D eigenvalue weighted by molar-refractivity contribution is -0.135. The fourth-order valence-electron chi connectivity index (χ4n) is 2.33. The van der Waals surface area contributed by atoms with Crippen molar-refractivity contribution in [2.24, 2.45) is 0 Å². The van der Waals surface area contributed by atoms with E-state index in [1.54, 1.807) is 0 Å². The van der Waals surface area contributed by atoms with Gasteiger partial charge in [0.15, 0.2) is 0 Å². The molecule has 22 heavy (non-hydrogen) atoms. The van der Waals surface area contributed by atoms with Crippen LogP contribution in [0.15, 0.2) is 18.3 Å². The minimum atomic E-state index is -1.05. The van der Waals surface area contributed by atoms with E-state index in [0.717, 1.165) is 0 Å². The lowest BCUT2D eigenvalue weighted by atomic mass is 10.1. The SMILES string of the molecule is CCCN(CC(=O)O)c1c(C#N)cnc2c(F)ccc(Cl)c12. The third kappa shape index (κ3) is 2.95. The predicted octanol–water partition coefficient (Wildman–Crippen LogP) is 3.20. The number of carboxylic acids is 1. The molecule has 1 aromatic heterocycles. The van der Waals surface area contributed by atoms with Crippen molar-refractivity contribution in [3.05, 3.63) is 34.7 Å². The van der Waals surface area contributed by atoms with Crippen molar-refractivity contribution in [2.75, 3.05) is 18.0 Å². The third-order valence-corrected chi connectivity index (χ3v) is 3.46. The third-order valence-electron chi connectivity index (χ3n) is 3.15. The Kier molecular flexibility index (Phi) is 4.78. The number of carbonyl (C=O) groups is 1. The second kappa shape index (κ2) is 6.58. The van der Waals surface area contributed by atoms with E-state index in [2.05, 4.69) is 4.98 Å². The molecular formula is C15H13ClFN3O2. The number of anilines is 1. The summed E-state index contributed by atoms with van der Waals surface area (Å²) in [7, 11) is 0. The number of aromatic nitrogens is 1. The second-order valence-electron chi connectivity index (χ2n) is 4.70. The quantitative estimate of drug-likeness (QED) is 0.915. The number of benzene rings is 1. The van der Waals surface area contributed by atoms with Gasteiger partial charge in [0.2, 0.25) is 0 Å². The van der Waals surface area contributed by atoms with Crippen molar-refractivity contribution < 1.29 is 14.3 Å². The van der Waals surface area contributed by atoms with Crippen molar-refractivity contribution in [3.63, 3.8) is 0 Å². The highest BCUT2D eigenvalue weighted by Gasteiger charge is 2.21. The number of halogens is 2. The van der Waals surface area contributed by atoms with Crippen molar-refractivity contribution in [1.82, 2.24) is 4.98 Å². The van der Waals surface area contributed by atoms with Gasteiger partial charge >= 0.3 is 5.97 Å². The highest BCUT2D eigenvalue weighted by Crippen LogP contribution is 2.35. The summed E-state index contributed by atoms with van der Waals surface area (Å²) in [6.07, 6.45) is 1.90. The number of nitriles is 1. The first-order chi connectivity index (χ1) is 10.5. The second-order valence-corrected chi connectivity index (χ2v) is 5.11. The molecule has 0 aliphatic rings. The monoisotopic (exact) mass is 321 g/mol. The molecule has 0 atom stereocenters. The van der Waals surface area contributed by atoms with Crippen LogP contribution in [-0.4, -0.2) is 29.1 Å². The number of carboxylic acid groups (broad SMARTS) is 1. The largest absolute Gasteiger partial charge is 0.480 e. The topological polar surface area (TPSA) is 77.2 Å². The smallest absolute Gasteiger partial charge is 0.323 e. The molecule has 1 aromatic carbocycles. The van der Waals surface area contributed by atoms with Gasteiger partial charge in [0.05, 0.1) is 16.3 Å². The van der Waals surface area contributed by atoms with Crippen LogP contribution < -0.4 is 4.90 Å². The Morgan fingerprint density at radius 2 is 2.27 bits per heavy atom. The molecule has 0 radical (unpaired) electrons. The maximum atomic E-state index is 14.0. The Balaban J connectivity index is 2.80. The zero-order valence-electron chi connectivity index (χ0n) is 11.8. The molecule has 2 aromatic rings. The lowest BCUT2D eigenvalue weighted by Crippen LogP contribution is -2.31. The molecule has 0 aliphatic carbocycles. The molecule has 0 unspecified atom stereocenters. The highest BCUT2D eigenvalue weighted by atomic mass is 35.5. The van der Waals surface area contributed by atoms with Crippen LogP contribution in [0.5, 0.6) is 0 Å². The Hall–Kier alpha value is -2.39. The summed E-state index contributed by atoms with van der Waals surface area (Å²) in [5.41, 5.74) is 0.490. The molecule has 2 rings (SSSR count). The van der Waals surface area contributed by atoms with E-state index in [0.29, 0.717) is 18.7 Å². The Labute approximate surface area is 131 Å². The number of nitrogens with zero attached hydrogens (tertiary/aromatic N) is 3. The van der Waals surface area contributed by atoms with Crippen LogP contribution in [0.4, 0.5) is 10.1 Å². The van der Waals surface area contributed by atoms with E-state index in [9.17, 15) is 14.4 Å². The number of aliphatic carboxylic acids is 1. The Bertz CT molecular complexity index is 773. The van der Waals surface area contributed by atoms with Crippen LogP contribution in [0.25, 0.3) is 10.9 Å². The van der Waals surface area contributed by atoms with Crippen LogP contribution in [0, 0.1) is 17.1 Å². The first-order valence-corrected chi connectivity index (χ1v) is 7.01. The molecule has 0 saturated heterocycles. The van der Waals surface area contributed by atoms with E-state index in [1.165, 1.54) is 23.2 Å². The summed E-state index contributed by atoms with van der Waals surface area (Å²) in [5, 5.41) is 18.9. The summed E-state index contributed by atoms with van der Waals surface area (Å²) < 4.78 is 14.0. The van der Waals surface area contributed by atoms with Gasteiger partial charge in [-0.25, -0.2) is 4.39 Å². The molecule has 0 bridgehead atoms. The summed E-state index contributed by atoms with van der Waals surface area (Å²) in [6, 6.07) is 4.53. The zero-order valence-corrected chi connectivity index (χ0v) is 12.6. The molecule has 0 saturated carbocycles. The van der Waals surface area contributed by atoms with E-state index in [1.807, 2.05) is 13.0 Å². The number of fused-ring (bicyclic) bond motifs is 1. The molecule has 7 heteroatoms. The lowest BCUT2D eigenvalue weighted by Gasteiger charge is -2.25. The Morgan fingerprint density at radius 3 is 2.86 bits per heavy atom. The normalized spacial score (nSPS) is 10.5. The number of rotatable bonds is 5. The number of pyridine rings is 1. The summed E-state index contributed by atoms with van der Waals surface area (Å²) >= 11 is 6.15. The summed E-state index contributed by atoms with van der Waals surface area (Å²) in [4.78, 5) is 16.5. The van der Waals surface area contributed by atoms with Gasteiger partial charge in [-0.15, -0.1) is 0 Å². The first kappa shape index (κ1) is 16.0. The number of hydrogen-bond donors (Lipinski definition) is 1. The fourth-order valence-corrected chi connectivity index (χ4v) is 2.57. The first-order valence-electron chi connectivity index (χ1n) is 6.63. The van der Waals surface area contributed by atoms with E-state index >= 15 is 0 Å². The maximum Gasteiger partial charge on any atom is 0.323 e. The van der Waals surface area contributed by atoms with Gasteiger partial charge in [-0.1, -0.05) is 18.5 Å². The molecule has 114 valence electrons. The van der Waals surface area contributed by atoms with Gasteiger partial charge in [0, 0.05) is 18.1 Å².